The molecule has 3 aromatic rings. The van der Waals surface area contributed by atoms with Gasteiger partial charge in [-0.25, -0.2) is 13.1 Å². The fraction of sp³-hybridized carbons (Fsp3) is 0.269. The monoisotopic (exact) mass is 494 g/mol. The Bertz CT molecular complexity index is 1270. The Hall–Kier alpha value is -3.24. The zero-order valence-corrected chi connectivity index (χ0v) is 20.3. The summed E-state index contributed by atoms with van der Waals surface area (Å²) in [4.78, 5) is 14.5. The number of carbonyl (C=O) groups excluding carboxylic acids is 1. The van der Waals surface area contributed by atoms with Crippen molar-refractivity contribution in [1.29, 1.82) is 0 Å². The minimum atomic E-state index is -3.64. The lowest BCUT2D eigenvalue weighted by molar-refractivity contribution is 0.0376. The van der Waals surface area contributed by atoms with Crippen molar-refractivity contribution in [3.8, 4) is 22.3 Å². The molecule has 8 nitrogen and oxygen atoms in total. The summed E-state index contributed by atoms with van der Waals surface area (Å²) in [6, 6.07) is 19.6. The van der Waals surface area contributed by atoms with Crippen LogP contribution in [0.5, 0.6) is 0 Å². The van der Waals surface area contributed by atoms with Gasteiger partial charge in [-0.2, -0.15) is 0 Å². The van der Waals surface area contributed by atoms with Gasteiger partial charge in [0, 0.05) is 25.2 Å². The van der Waals surface area contributed by atoms with E-state index in [1.54, 1.807) is 18.2 Å². The number of benzene rings is 3. The molecule has 0 saturated carbocycles. The Morgan fingerprint density at radius 3 is 2.29 bits per heavy atom. The Labute approximate surface area is 205 Å². The topological polar surface area (TPSA) is 128 Å². The van der Waals surface area contributed by atoms with E-state index in [0.29, 0.717) is 17.7 Å². The van der Waals surface area contributed by atoms with Crippen molar-refractivity contribution < 1.29 is 17.9 Å². The van der Waals surface area contributed by atoms with E-state index in [9.17, 15) is 13.2 Å². The van der Waals surface area contributed by atoms with Crippen molar-refractivity contribution in [1.82, 2.24) is 9.62 Å². The quantitative estimate of drug-likeness (QED) is 0.310. The van der Waals surface area contributed by atoms with Crippen molar-refractivity contribution in [2.24, 2.45) is 5.73 Å². The number of nitrogens with two attached hydrogens (primary N) is 2. The van der Waals surface area contributed by atoms with Gasteiger partial charge < -0.3 is 16.2 Å². The highest BCUT2D eigenvalue weighted by molar-refractivity contribution is 7.89. The molecule has 5 N–H and O–H groups in total. The van der Waals surface area contributed by atoms with E-state index in [2.05, 4.69) is 9.62 Å². The molecule has 0 unspecified atom stereocenters. The molecule has 0 radical (unpaired) electrons. The highest BCUT2D eigenvalue weighted by Crippen LogP contribution is 2.34. The van der Waals surface area contributed by atoms with Crippen molar-refractivity contribution in [2.75, 3.05) is 45.1 Å². The van der Waals surface area contributed by atoms with Gasteiger partial charge in [-0.05, 0) is 53.9 Å². The van der Waals surface area contributed by atoms with Crippen molar-refractivity contribution in [3.05, 3.63) is 72.3 Å². The van der Waals surface area contributed by atoms with E-state index < -0.39 is 15.9 Å². The molecule has 1 aliphatic heterocycles. The van der Waals surface area contributed by atoms with E-state index in [0.717, 1.165) is 50.4 Å². The molecule has 4 rings (SSSR count). The highest BCUT2D eigenvalue weighted by atomic mass is 32.2. The van der Waals surface area contributed by atoms with E-state index in [-0.39, 0.29) is 16.1 Å². The fourth-order valence-electron chi connectivity index (χ4n) is 4.12. The molecule has 0 spiro atoms. The molecule has 184 valence electrons. The summed E-state index contributed by atoms with van der Waals surface area (Å²) in [5.74, 6) is -0.623. The van der Waals surface area contributed by atoms with E-state index >= 15 is 0 Å². The maximum Gasteiger partial charge on any atom is 0.250 e. The molecule has 1 saturated heterocycles. The van der Waals surface area contributed by atoms with Crippen LogP contribution in [-0.2, 0) is 14.8 Å². The van der Waals surface area contributed by atoms with Crippen LogP contribution in [0.15, 0.2) is 71.6 Å². The number of primary amides is 1. The van der Waals surface area contributed by atoms with Crippen LogP contribution in [0.2, 0.25) is 0 Å². The molecule has 1 fully saturated rings. The lowest BCUT2D eigenvalue weighted by Crippen LogP contribution is -2.38. The van der Waals surface area contributed by atoms with Crippen LogP contribution in [-0.4, -0.2) is 58.6 Å². The van der Waals surface area contributed by atoms with Gasteiger partial charge in [0.1, 0.15) is 0 Å². The Kier molecular flexibility index (Phi) is 7.82. The van der Waals surface area contributed by atoms with E-state index in [4.69, 9.17) is 16.2 Å². The molecule has 0 bridgehead atoms. The van der Waals surface area contributed by atoms with Gasteiger partial charge in [-0.3, -0.25) is 9.69 Å². The molecule has 0 aromatic heterocycles. The fourth-order valence-corrected chi connectivity index (χ4v) is 5.20. The van der Waals surface area contributed by atoms with Crippen LogP contribution in [0.4, 0.5) is 5.69 Å². The van der Waals surface area contributed by atoms with Gasteiger partial charge in [0.25, 0.3) is 5.91 Å². The van der Waals surface area contributed by atoms with Crippen LogP contribution in [0.25, 0.3) is 22.3 Å². The van der Waals surface area contributed by atoms with Gasteiger partial charge in [-0.1, -0.05) is 42.5 Å². The van der Waals surface area contributed by atoms with E-state index in [1.165, 1.54) is 12.1 Å². The van der Waals surface area contributed by atoms with Gasteiger partial charge in [0.15, 0.2) is 0 Å². The third-order valence-electron chi connectivity index (χ3n) is 6.08. The second-order valence-electron chi connectivity index (χ2n) is 8.45. The summed E-state index contributed by atoms with van der Waals surface area (Å²) < 4.78 is 33.5. The summed E-state index contributed by atoms with van der Waals surface area (Å²) in [7, 11) is -3.64. The zero-order valence-electron chi connectivity index (χ0n) is 19.4. The number of ether oxygens (including phenoxy) is 1. The minimum Gasteiger partial charge on any atom is -0.398 e. The predicted octanol–water partition coefficient (Wildman–Crippen LogP) is 2.70. The van der Waals surface area contributed by atoms with Crippen LogP contribution in [0.3, 0.4) is 0 Å². The molecule has 1 aliphatic rings. The molecule has 0 aliphatic carbocycles. The second kappa shape index (κ2) is 11.0. The molecule has 3 aromatic carbocycles. The summed E-state index contributed by atoms with van der Waals surface area (Å²) in [5.41, 5.74) is 15.4. The number of rotatable bonds is 9. The average molecular weight is 495 g/mol. The maximum atomic E-state index is 12.7. The van der Waals surface area contributed by atoms with Crippen molar-refractivity contribution >= 4 is 21.6 Å². The number of hydrogen-bond acceptors (Lipinski definition) is 6. The first-order chi connectivity index (χ1) is 16.8. The first-order valence-corrected chi connectivity index (χ1v) is 13.0. The van der Waals surface area contributed by atoms with Crippen molar-refractivity contribution in [3.63, 3.8) is 0 Å². The number of amides is 1. The number of sulfonamides is 1. The summed E-state index contributed by atoms with van der Waals surface area (Å²) in [5, 5.41) is 0. The van der Waals surface area contributed by atoms with Crippen LogP contribution < -0.4 is 16.2 Å². The number of morpholine rings is 1. The number of nitrogen functional groups attached to an aromatic ring is 1. The molecule has 9 heteroatoms. The molecule has 1 heterocycles. The molecule has 1 amide bonds. The highest BCUT2D eigenvalue weighted by Gasteiger charge is 2.18. The van der Waals surface area contributed by atoms with Crippen LogP contribution in [0, 0.1) is 0 Å². The van der Waals surface area contributed by atoms with Crippen LogP contribution >= 0.6 is 0 Å². The van der Waals surface area contributed by atoms with Crippen LogP contribution in [0.1, 0.15) is 16.8 Å². The van der Waals surface area contributed by atoms with Crippen molar-refractivity contribution in [2.45, 2.75) is 11.3 Å². The lowest BCUT2D eigenvalue weighted by Gasteiger charge is -2.26. The first kappa shape index (κ1) is 24.9. The van der Waals surface area contributed by atoms with E-state index in [1.807, 2.05) is 36.4 Å². The smallest absolute Gasteiger partial charge is 0.250 e. The molecular weight excluding hydrogens is 464 g/mol. The maximum absolute atomic E-state index is 12.7. The Morgan fingerprint density at radius 2 is 1.63 bits per heavy atom. The van der Waals surface area contributed by atoms with Gasteiger partial charge in [0.2, 0.25) is 10.0 Å². The summed E-state index contributed by atoms with van der Waals surface area (Å²) >= 11 is 0. The molecule has 0 atom stereocenters. The third-order valence-corrected chi connectivity index (χ3v) is 7.55. The zero-order chi connectivity index (χ0) is 24.8. The molecule has 35 heavy (non-hydrogen) atoms. The normalized spacial score (nSPS) is 14.6. The summed E-state index contributed by atoms with van der Waals surface area (Å²) in [6.07, 6.45) is 0.718. The number of nitrogens with zero attached hydrogens (tertiary/aromatic N) is 1. The molecular formula is C26H30N4O4S. The largest absolute Gasteiger partial charge is 0.398 e. The number of carbonyl (C=O) groups is 1. The SMILES string of the molecule is NC(=O)c1cc(-c2ccccc2)cc(-c2ccc(S(=O)(=O)NCCCN3CCOCC3)cc2)c1N. The standard InChI is InChI=1S/C26H30N4O4S/c27-25-23(17-21(18-24(25)26(28)31)19-5-2-1-3-6-19)20-7-9-22(10-8-20)35(32,33)29-11-4-12-30-13-15-34-16-14-30/h1-3,5-10,17-18,29H,4,11-16,27H2,(H2,28,31). The second-order valence-corrected chi connectivity index (χ2v) is 10.2. The minimum absolute atomic E-state index is 0.167. The number of hydrogen-bond donors (Lipinski definition) is 3. The average Bonchev–Trinajstić information content (AvgIpc) is 2.88. The number of anilines is 1. The van der Waals surface area contributed by atoms with Gasteiger partial charge in [0.05, 0.1) is 29.4 Å². The third kappa shape index (κ3) is 6.07. The Morgan fingerprint density at radius 1 is 0.943 bits per heavy atom. The predicted molar refractivity (Wildman–Crippen MR) is 137 cm³/mol. The van der Waals surface area contributed by atoms with Gasteiger partial charge >= 0.3 is 0 Å². The van der Waals surface area contributed by atoms with Gasteiger partial charge in [-0.15, -0.1) is 0 Å². The first-order valence-electron chi connectivity index (χ1n) is 11.5. The Balaban J connectivity index is 1.51. The number of nitrogens with one attached hydrogen (secondary N) is 1. The summed E-state index contributed by atoms with van der Waals surface area (Å²) in [6.45, 7) is 4.37. The lowest BCUT2D eigenvalue weighted by atomic mass is 9.94.